The molecule has 1 saturated carbocycles. The summed E-state index contributed by atoms with van der Waals surface area (Å²) in [5.74, 6) is 0. The first-order valence-electron chi connectivity index (χ1n) is 7.12. The van der Waals surface area contributed by atoms with Gasteiger partial charge < -0.3 is 11.1 Å². The maximum Gasteiger partial charge on any atom is 0.0465 e. The average molecular weight is 346 g/mol. The zero-order valence-corrected chi connectivity index (χ0v) is 13.5. The van der Waals surface area contributed by atoms with E-state index in [9.17, 15) is 0 Å². The molecule has 2 rings (SSSR count). The summed E-state index contributed by atoms with van der Waals surface area (Å²) in [7, 11) is 0. The van der Waals surface area contributed by atoms with E-state index in [1.54, 1.807) is 0 Å². The molecule has 4 heteroatoms. The lowest BCUT2D eigenvalue weighted by Crippen LogP contribution is -2.36. The van der Waals surface area contributed by atoms with Crippen molar-refractivity contribution in [2.24, 2.45) is 5.73 Å². The number of hydrogen-bond donors (Lipinski definition) is 2. The number of rotatable bonds is 4. The molecule has 0 aromatic heterocycles. The highest BCUT2D eigenvalue weighted by Gasteiger charge is 2.19. The minimum Gasteiger partial charge on any atom is -0.329 e. The Labute approximate surface area is 129 Å². The van der Waals surface area contributed by atoms with E-state index in [1.165, 1.54) is 38.5 Å². The van der Waals surface area contributed by atoms with Crippen LogP contribution >= 0.6 is 27.5 Å². The van der Waals surface area contributed by atoms with E-state index in [0.29, 0.717) is 12.6 Å². The first-order chi connectivity index (χ1) is 9.20. The molecular formula is C15H22BrClN2. The molecule has 0 aliphatic heterocycles. The van der Waals surface area contributed by atoms with Crippen molar-refractivity contribution in [2.45, 2.75) is 50.6 Å². The molecule has 19 heavy (non-hydrogen) atoms. The Kier molecular flexibility index (Phi) is 6.14. The van der Waals surface area contributed by atoms with Gasteiger partial charge in [-0.1, -0.05) is 59.3 Å². The van der Waals surface area contributed by atoms with E-state index >= 15 is 0 Å². The molecule has 106 valence electrons. The van der Waals surface area contributed by atoms with Crippen LogP contribution in [0.4, 0.5) is 0 Å². The number of benzene rings is 1. The topological polar surface area (TPSA) is 38.0 Å². The number of nitrogens with one attached hydrogen (secondary N) is 1. The molecule has 2 nitrogen and oxygen atoms in total. The molecule has 1 aliphatic rings. The zero-order chi connectivity index (χ0) is 13.7. The predicted molar refractivity (Wildman–Crippen MR) is 85.6 cm³/mol. The van der Waals surface area contributed by atoms with Gasteiger partial charge in [0.1, 0.15) is 0 Å². The van der Waals surface area contributed by atoms with Crippen LogP contribution in [0.5, 0.6) is 0 Å². The monoisotopic (exact) mass is 344 g/mol. The molecular weight excluding hydrogens is 324 g/mol. The standard InChI is InChI=1S/C15H22BrClN2/c16-11-7-8-13(14(17)9-11)15(10-18)19-12-5-3-1-2-4-6-12/h7-9,12,15,19H,1-6,10,18H2. The summed E-state index contributed by atoms with van der Waals surface area (Å²) in [6.45, 7) is 0.581. The maximum absolute atomic E-state index is 6.33. The van der Waals surface area contributed by atoms with Crippen molar-refractivity contribution in [3.63, 3.8) is 0 Å². The van der Waals surface area contributed by atoms with Crippen molar-refractivity contribution >= 4 is 27.5 Å². The van der Waals surface area contributed by atoms with Gasteiger partial charge in [0.2, 0.25) is 0 Å². The summed E-state index contributed by atoms with van der Waals surface area (Å²) in [5.41, 5.74) is 7.04. The van der Waals surface area contributed by atoms with Gasteiger partial charge in [0, 0.05) is 28.1 Å². The van der Waals surface area contributed by atoms with Crippen molar-refractivity contribution in [1.29, 1.82) is 0 Å². The van der Waals surface area contributed by atoms with Crippen molar-refractivity contribution in [3.05, 3.63) is 33.3 Å². The second-order valence-corrected chi connectivity index (χ2v) is 6.63. The van der Waals surface area contributed by atoms with Crippen LogP contribution in [0.3, 0.4) is 0 Å². The van der Waals surface area contributed by atoms with Crippen LogP contribution in [0.15, 0.2) is 22.7 Å². The van der Waals surface area contributed by atoms with Gasteiger partial charge in [-0.15, -0.1) is 0 Å². The lowest BCUT2D eigenvalue weighted by atomic mass is 10.0. The molecule has 1 fully saturated rings. The van der Waals surface area contributed by atoms with Crippen molar-refractivity contribution < 1.29 is 0 Å². The van der Waals surface area contributed by atoms with Gasteiger partial charge in [0.25, 0.3) is 0 Å². The lowest BCUT2D eigenvalue weighted by Gasteiger charge is -2.25. The molecule has 0 heterocycles. The van der Waals surface area contributed by atoms with Crippen LogP contribution in [-0.2, 0) is 0 Å². The molecule has 0 spiro atoms. The quantitative estimate of drug-likeness (QED) is 0.793. The second-order valence-electron chi connectivity index (χ2n) is 5.31. The smallest absolute Gasteiger partial charge is 0.0465 e. The third-order valence-electron chi connectivity index (χ3n) is 3.87. The van der Waals surface area contributed by atoms with Crippen LogP contribution in [0.25, 0.3) is 0 Å². The SMILES string of the molecule is NCC(NC1CCCCCC1)c1ccc(Br)cc1Cl. The summed E-state index contributed by atoms with van der Waals surface area (Å²) in [6, 6.07) is 6.76. The van der Waals surface area contributed by atoms with Gasteiger partial charge in [-0.2, -0.15) is 0 Å². The summed E-state index contributed by atoms with van der Waals surface area (Å²) < 4.78 is 1.01. The number of halogens is 2. The van der Waals surface area contributed by atoms with Crippen molar-refractivity contribution in [1.82, 2.24) is 5.32 Å². The molecule has 1 atom stereocenters. The Hall–Kier alpha value is -0.0900. The van der Waals surface area contributed by atoms with Crippen LogP contribution in [0, 0.1) is 0 Å². The second kappa shape index (κ2) is 7.63. The highest BCUT2D eigenvalue weighted by atomic mass is 79.9. The predicted octanol–water partition coefficient (Wildman–Crippen LogP) is 4.41. The molecule has 0 radical (unpaired) electrons. The largest absolute Gasteiger partial charge is 0.329 e. The van der Waals surface area contributed by atoms with E-state index < -0.39 is 0 Å². The van der Waals surface area contributed by atoms with Crippen LogP contribution in [-0.4, -0.2) is 12.6 Å². The Balaban J connectivity index is 2.06. The number of hydrogen-bond acceptors (Lipinski definition) is 2. The maximum atomic E-state index is 6.33. The first kappa shape index (κ1) is 15.3. The highest BCUT2D eigenvalue weighted by molar-refractivity contribution is 9.10. The Morgan fingerprint density at radius 2 is 1.95 bits per heavy atom. The first-order valence-corrected chi connectivity index (χ1v) is 8.29. The summed E-state index contributed by atoms with van der Waals surface area (Å²) in [4.78, 5) is 0. The summed E-state index contributed by atoms with van der Waals surface area (Å²) >= 11 is 9.77. The minimum atomic E-state index is 0.156. The fraction of sp³-hybridized carbons (Fsp3) is 0.600. The molecule has 3 N–H and O–H groups in total. The summed E-state index contributed by atoms with van der Waals surface area (Å²) in [6.07, 6.45) is 7.89. The number of nitrogens with two attached hydrogens (primary N) is 1. The van der Waals surface area contributed by atoms with Gasteiger partial charge in [0.15, 0.2) is 0 Å². The fourth-order valence-electron chi connectivity index (χ4n) is 2.80. The average Bonchev–Trinajstić information content (AvgIpc) is 2.65. The van der Waals surface area contributed by atoms with E-state index in [1.807, 2.05) is 12.1 Å². The molecule has 1 aromatic rings. The van der Waals surface area contributed by atoms with Gasteiger partial charge in [-0.05, 0) is 30.5 Å². The van der Waals surface area contributed by atoms with Gasteiger partial charge >= 0.3 is 0 Å². The zero-order valence-electron chi connectivity index (χ0n) is 11.2. The third kappa shape index (κ3) is 4.45. The van der Waals surface area contributed by atoms with Crippen LogP contribution in [0.2, 0.25) is 5.02 Å². The Morgan fingerprint density at radius 3 is 2.53 bits per heavy atom. The third-order valence-corrected chi connectivity index (χ3v) is 4.69. The normalized spacial score (nSPS) is 19.1. The van der Waals surface area contributed by atoms with Crippen molar-refractivity contribution in [2.75, 3.05) is 6.54 Å². The molecule has 1 aromatic carbocycles. The highest BCUT2D eigenvalue weighted by Crippen LogP contribution is 2.28. The Bertz CT molecular complexity index is 403. The Morgan fingerprint density at radius 1 is 1.26 bits per heavy atom. The van der Waals surface area contributed by atoms with E-state index in [0.717, 1.165) is 15.1 Å². The fourth-order valence-corrected chi connectivity index (χ4v) is 3.60. The van der Waals surface area contributed by atoms with Crippen LogP contribution < -0.4 is 11.1 Å². The molecule has 0 bridgehead atoms. The lowest BCUT2D eigenvalue weighted by molar-refractivity contribution is 0.402. The molecule has 0 saturated heterocycles. The van der Waals surface area contributed by atoms with Gasteiger partial charge in [-0.3, -0.25) is 0 Å². The minimum absolute atomic E-state index is 0.156. The van der Waals surface area contributed by atoms with Gasteiger partial charge in [-0.25, -0.2) is 0 Å². The molecule has 0 amide bonds. The molecule has 1 unspecified atom stereocenters. The van der Waals surface area contributed by atoms with E-state index in [-0.39, 0.29) is 6.04 Å². The van der Waals surface area contributed by atoms with Crippen molar-refractivity contribution in [3.8, 4) is 0 Å². The summed E-state index contributed by atoms with van der Waals surface area (Å²) in [5, 5.41) is 4.48. The molecule has 1 aliphatic carbocycles. The van der Waals surface area contributed by atoms with E-state index in [2.05, 4.69) is 27.3 Å². The van der Waals surface area contributed by atoms with E-state index in [4.69, 9.17) is 17.3 Å². The van der Waals surface area contributed by atoms with Crippen LogP contribution in [0.1, 0.15) is 50.1 Å². The van der Waals surface area contributed by atoms with Gasteiger partial charge in [0.05, 0.1) is 0 Å².